The summed E-state index contributed by atoms with van der Waals surface area (Å²) in [5.41, 5.74) is 0.567. The lowest BCUT2D eigenvalue weighted by Crippen LogP contribution is -2.41. The normalized spacial score (nSPS) is 19.1. The topological polar surface area (TPSA) is 58.1 Å². The summed E-state index contributed by atoms with van der Waals surface area (Å²) < 4.78 is 26.3. The van der Waals surface area contributed by atoms with Gasteiger partial charge in [-0.1, -0.05) is 0 Å². The van der Waals surface area contributed by atoms with Crippen LogP contribution in [0.5, 0.6) is 0 Å². The van der Waals surface area contributed by atoms with E-state index in [0.29, 0.717) is 24.3 Å². The summed E-state index contributed by atoms with van der Waals surface area (Å²) in [6.45, 7) is 0.678. The summed E-state index contributed by atoms with van der Waals surface area (Å²) in [5.74, 6) is -1.38. The molecule has 1 unspecified atom stereocenters. The smallest absolute Gasteiger partial charge is 0.224 e. The first kappa shape index (κ1) is 13.7. The molecule has 0 radical (unpaired) electrons. The molecule has 1 N–H and O–H groups in total. The zero-order valence-electron chi connectivity index (χ0n) is 11.4. The number of hydrogen-bond donors (Lipinski definition) is 1. The van der Waals surface area contributed by atoms with Crippen molar-refractivity contribution in [3.05, 3.63) is 30.0 Å². The van der Waals surface area contributed by atoms with Crippen LogP contribution >= 0.6 is 0 Å². The fourth-order valence-electron chi connectivity index (χ4n) is 2.35. The molecule has 0 saturated carbocycles. The van der Waals surface area contributed by atoms with Crippen LogP contribution in [0.25, 0.3) is 11.0 Å². The lowest BCUT2D eigenvalue weighted by atomic mass is 10.1. The van der Waals surface area contributed by atoms with Crippen LogP contribution in [0, 0.1) is 11.6 Å². The summed E-state index contributed by atoms with van der Waals surface area (Å²) in [6, 6.07) is 2.01. The van der Waals surface area contributed by atoms with Crippen molar-refractivity contribution in [1.82, 2.24) is 14.9 Å². The first-order valence-electron chi connectivity index (χ1n) is 6.65. The van der Waals surface area contributed by atoms with Gasteiger partial charge in [0, 0.05) is 38.2 Å². The molecule has 1 atom stereocenters. The predicted octanol–water partition coefficient (Wildman–Crippen LogP) is 1.94. The molecule has 0 aliphatic carbocycles. The number of anilines is 1. The number of nitrogens with zero attached hydrogens (tertiary/aromatic N) is 3. The molecule has 1 aromatic heterocycles. The first-order chi connectivity index (χ1) is 10.0. The van der Waals surface area contributed by atoms with Crippen LogP contribution in [0.3, 0.4) is 0 Å². The summed E-state index contributed by atoms with van der Waals surface area (Å²) in [5, 5.41) is 3.12. The molecule has 0 bridgehead atoms. The van der Waals surface area contributed by atoms with Gasteiger partial charge < -0.3 is 10.2 Å². The standard InChI is InChI=1S/C14H14F2N4O/c1-20-3-2-8(4-14(20)21)18-13-7-17-11-5-9(15)10(16)6-12(11)19-13/h5-8H,2-4H2,1H3,(H,18,19). The van der Waals surface area contributed by atoms with Crippen molar-refractivity contribution < 1.29 is 13.6 Å². The lowest BCUT2D eigenvalue weighted by Gasteiger charge is -2.29. The quantitative estimate of drug-likeness (QED) is 0.919. The largest absolute Gasteiger partial charge is 0.365 e. The van der Waals surface area contributed by atoms with Gasteiger partial charge in [0.05, 0.1) is 17.2 Å². The highest BCUT2D eigenvalue weighted by atomic mass is 19.2. The van der Waals surface area contributed by atoms with E-state index in [4.69, 9.17) is 0 Å². The van der Waals surface area contributed by atoms with Crippen LogP contribution in [0.15, 0.2) is 18.3 Å². The van der Waals surface area contributed by atoms with Crippen LogP contribution in [0.1, 0.15) is 12.8 Å². The molecule has 7 heteroatoms. The van der Waals surface area contributed by atoms with Gasteiger partial charge >= 0.3 is 0 Å². The van der Waals surface area contributed by atoms with E-state index in [2.05, 4.69) is 15.3 Å². The highest BCUT2D eigenvalue weighted by Crippen LogP contribution is 2.19. The second-order valence-corrected chi connectivity index (χ2v) is 5.16. The average molecular weight is 292 g/mol. The Morgan fingerprint density at radius 1 is 1.29 bits per heavy atom. The zero-order chi connectivity index (χ0) is 15.0. The number of likely N-dealkylation sites (tertiary alicyclic amines) is 1. The number of fused-ring (bicyclic) bond motifs is 1. The Labute approximate surface area is 120 Å². The SMILES string of the molecule is CN1CCC(Nc2cnc3cc(F)c(F)cc3n2)CC1=O. The van der Waals surface area contributed by atoms with Gasteiger partial charge in [-0.05, 0) is 6.42 Å². The number of carbonyl (C=O) groups is 1. The zero-order valence-corrected chi connectivity index (χ0v) is 11.4. The second-order valence-electron chi connectivity index (χ2n) is 5.16. The van der Waals surface area contributed by atoms with Crippen LogP contribution in [-0.4, -0.2) is 40.4 Å². The highest BCUT2D eigenvalue weighted by Gasteiger charge is 2.23. The molecule has 1 aliphatic heterocycles. The molecule has 1 aliphatic rings. The Hall–Kier alpha value is -2.31. The third-order valence-corrected chi connectivity index (χ3v) is 3.60. The maximum Gasteiger partial charge on any atom is 0.224 e. The summed E-state index contributed by atoms with van der Waals surface area (Å²) in [6.07, 6.45) is 2.65. The van der Waals surface area contributed by atoms with Crippen molar-refractivity contribution in [2.24, 2.45) is 0 Å². The average Bonchev–Trinajstić information content (AvgIpc) is 2.44. The number of benzene rings is 1. The number of aromatic nitrogens is 2. The number of rotatable bonds is 2. The van der Waals surface area contributed by atoms with Crippen LogP contribution in [0.2, 0.25) is 0 Å². The molecule has 3 rings (SSSR count). The Morgan fingerprint density at radius 3 is 2.71 bits per heavy atom. The Bertz CT molecular complexity index is 707. The molecule has 2 heterocycles. The Morgan fingerprint density at radius 2 is 2.00 bits per heavy atom. The van der Waals surface area contributed by atoms with E-state index < -0.39 is 11.6 Å². The molecule has 110 valence electrons. The van der Waals surface area contributed by atoms with Gasteiger partial charge in [0.25, 0.3) is 0 Å². The number of carbonyl (C=O) groups excluding carboxylic acids is 1. The molecular formula is C14H14F2N4O. The summed E-state index contributed by atoms with van der Waals surface area (Å²) in [4.78, 5) is 21.6. The van der Waals surface area contributed by atoms with E-state index in [0.717, 1.165) is 18.6 Å². The van der Waals surface area contributed by atoms with Gasteiger partial charge in [0.15, 0.2) is 11.6 Å². The highest BCUT2D eigenvalue weighted by molar-refractivity contribution is 5.78. The van der Waals surface area contributed by atoms with E-state index in [1.807, 2.05) is 0 Å². The van der Waals surface area contributed by atoms with Crippen LogP contribution in [0.4, 0.5) is 14.6 Å². The summed E-state index contributed by atoms with van der Waals surface area (Å²) in [7, 11) is 1.77. The van der Waals surface area contributed by atoms with E-state index in [1.54, 1.807) is 11.9 Å². The molecule has 21 heavy (non-hydrogen) atoms. The van der Waals surface area contributed by atoms with Crippen molar-refractivity contribution in [2.45, 2.75) is 18.9 Å². The molecular weight excluding hydrogens is 278 g/mol. The van der Waals surface area contributed by atoms with Gasteiger partial charge in [-0.15, -0.1) is 0 Å². The minimum absolute atomic E-state index is 0.0225. The van der Waals surface area contributed by atoms with Crippen molar-refractivity contribution in [1.29, 1.82) is 0 Å². The molecule has 1 fully saturated rings. The van der Waals surface area contributed by atoms with E-state index in [9.17, 15) is 13.6 Å². The predicted molar refractivity (Wildman–Crippen MR) is 73.7 cm³/mol. The first-order valence-corrected chi connectivity index (χ1v) is 6.65. The van der Waals surface area contributed by atoms with Crippen molar-refractivity contribution in [3.8, 4) is 0 Å². The maximum absolute atomic E-state index is 13.2. The number of amides is 1. The number of halogens is 2. The third kappa shape index (κ3) is 2.76. The van der Waals surface area contributed by atoms with Gasteiger partial charge in [0.2, 0.25) is 5.91 Å². The van der Waals surface area contributed by atoms with Crippen LogP contribution < -0.4 is 5.32 Å². The molecule has 1 aromatic carbocycles. The number of hydrogen-bond acceptors (Lipinski definition) is 4. The minimum atomic E-state index is -0.955. The van der Waals surface area contributed by atoms with E-state index in [1.165, 1.54) is 6.20 Å². The molecule has 1 saturated heterocycles. The fourth-order valence-corrected chi connectivity index (χ4v) is 2.35. The van der Waals surface area contributed by atoms with Gasteiger partial charge in [0.1, 0.15) is 5.82 Å². The molecule has 5 nitrogen and oxygen atoms in total. The van der Waals surface area contributed by atoms with Crippen molar-refractivity contribution >= 4 is 22.8 Å². The van der Waals surface area contributed by atoms with Gasteiger partial charge in [-0.25, -0.2) is 13.8 Å². The Balaban J connectivity index is 1.81. The van der Waals surface area contributed by atoms with Crippen molar-refractivity contribution in [3.63, 3.8) is 0 Å². The second kappa shape index (κ2) is 5.23. The Kier molecular flexibility index (Phi) is 3.40. The number of nitrogens with one attached hydrogen (secondary N) is 1. The van der Waals surface area contributed by atoms with E-state index >= 15 is 0 Å². The molecule has 2 aromatic rings. The molecule has 1 amide bonds. The maximum atomic E-state index is 13.2. The van der Waals surface area contributed by atoms with Gasteiger partial charge in [-0.2, -0.15) is 0 Å². The monoisotopic (exact) mass is 292 g/mol. The minimum Gasteiger partial charge on any atom is -0.365 e. The lowest BCUT2D eigenvalue weighted by molar-refractivity contribution is -0.132. The summed E-state index contributed by atoms with van der Waals surface area (Å²) >= 11 is 0. The number of piperidine rings is 1. The fraction of sp³-hybridized carbons (Fsp3) is 0.357. The van der Waals surface area contributed by atoms with Gasteiger partial charge in [-0.3, -0.25) is 9.78 Å². The third-order valence-electron chi connectivity index (χ3n) is 3.60. The molecule has 0 spiro atoms. The van der Waals surface area contributed by atoms with Crippen molar-refractivity contribution in [2.75, 3.05) is 18.9 Å². The van der Waals surface area contributed by atoms with Crippen LogP contribution in [-0.2, 0) is 4.79 Å². The van der Waals surface area contributed by atoms with E-state index in [-0.39, 0.29) is 17.5 Å².